The first-order chi connectivity index (χ1) is 8.76. The van der Waals surface area contributed by atoms with Gasteiger partial charge in [-0.05, 0) is 19.1 Å². The third kappa shape index (κ3) is 2.29. The molecule has 2 aromatic rings. The number of carbonyl (C=O) groups is 2. The highest BCUT2D eigenvalue weighted by Crippen LogP contribution is 2.13. The lowest BCUT2D eigenvalue weighted by Crippen LogP contribution is -2.11. The van der Waals surface area contributed by atoms with Crippen molar-refractivity contribution >= 4 is 12.3 Å². The monoisotopic (exact) mass is 244 g/mol. The minimum absolute atomic E-state index is 0.196. The summed E-state index contributed by atoms with van der Waals surface area (Å²) in [5, 5.41) is 4.05. The third-order valence-corrected chi connectivity index (χ3v) is 2.33. The van der Waals surface area contributed by atoms with Crippen molar-refractivity contribution in [1.82, 2.24) is 9.78 Å². The van der Waals surface area contributed by atoms with Gasteiger partial charge in [0.1, 0.15) is 5.69 Å². The summed E-state index contributed by atoms with van der Waals surface area (Å²) in [6.45, 7) is 2.00. The number of carbonyl (C=O) groups excluding carboxylic acids is 2. The number of esters is 1. The van der Waals surface area contributed by atoms with Crippen LogP contribution in [-0.2, 0) is 4.74 Å². The summed E-state index contributed by atoms with van der Waals surface area (Å²) < 4.78 is 6.34. The van der Waals surface area contributed by atoms with Gasteiger partial charge in [0.2, 0.25) is 0 Å². The molecule has 0 atom stereocenters. The van der Waals surface area contributed by atoms with Crippen LogP contribution in [0.2, 0.25) is 0 Å². The van der Waals surface area contributed by atoms with E-state index in [1.165, 1.54) is 10.7 Å². The van der Waals surface area contributed by atoms with Gasteiger partial charge in [0.05, 0.1) is 12.3 Å². The Morgan fingerprint density at radius 2 is 2.11 bits per heavy atom. The summed E-state index contributed by atoms with van der Waals surface area (Å²) in [5.41, 5.74) is 1.14. The summed E-state index contributed by atoms with van der Waals surface area (Å²) in [7, 11) is 0. The molecule has 0 N–H and O–H groups in total. The maximum Gasteiger partial charge on any atom is 0.357 e. The predicted molar refractivity (Wildman–Crippen MR) is 64.9 cm³/mol. The Labute approximate surface area is 104 Å². The first kappa shape index (κ1) is 12.0. The minimum Gasteiger partial charge on any atom is -0.461 e. The van der Waals surface area contributed by atoms with Crippen LogP contribution < -0.4 is 0 Å². The van der Waals surface area contributed by atoms with Gasteiger partial charge in [-0.25, -0.2) is 9.48 Å². The maximum atomic E-state index is 11.8. The maximum absolute atomic E-state index is 11.8. The molecule has 5 heteroatoms. The van der Waals surface area contributed by atoms with Crippen LogP contribution in [0.5, 0.6) is 0 Å². The fraction of sp³-hybridized carbons (Fsp3) is 0.154. The van der Waals surface area contributed by atoms with Gasteiger partial charge >= 0.3 is 5.97 Å². The molecule has 18 heavy (non-hydrogen) atoms. The highest BCUT2D eigenvalue weighted by Gasteiger charge is 2.17. The topological polar surface area (TPSA) is 61.2 Å². The van der Waals surface area contributed by atoms with Crippen molar-refractivity contribution in [2.75, 3.05) is 6.61 Å². The van der Waals surface area contributed by atoms with E-state index in [1.54, 1.807) is 19.1 Å². The van der Waals surface area contributed by atoms with E-state index in [1.807, 2.05) is 18.2 Å². The second-order valence-electron chi connectivity index (χ2n) is 3.54. The Balaban J connectivity index is 2.49. The quantitative estimate of drug-likeness (QED) is 0.608. The zero-order chi connectivity index (χ0) is 13.0. The van der Waals surface area contributed by atoms with Crippen LogP contribution in [0.1, 0.15) is 27.9 Å². The van der Waals surface area contributed by atoms with Crippen molar-refractivity contribution in [3.05, 3.63) is 47.8 Å². The first-order valence-corrected chi connectivity index (χ1v) is 5.54. The summed E-state index contributed by atoms with van der Waals surface area (Å²) in [4.78, 5) is 22.5. The number of hydrogen-bond acceptors (Lipinski definition) is 4. The van der Waals surface area contributed by atoms with Crippen molar-refractivity contribution in [3.8, 4) is 5.69 Å². The van der Waals surface area contributed by atoms with E-state index in [0.29, 0.717) is 12.0 Å². The minimum atomic E-state index is -0.498. The SMILES string of the molecule is CCOC(=O)c1cc(C=O)nn1-c1ccccc1. The van der Waals surface area contributed by atoms with Crippen molar-refractivity contribution in [2.24, 2.45) is 0 Å². The molecule has 5 nitrogen and oxygen atoms in total. The van der Waals surface area contributed by atoms with Crippen molar-refractivity contribution < 1.29 is 14.3 Å². The number of aldehydes is 1. The zero-order valence-electron chi connectivity index (χ0n) is 9.87. The van der Waals surface area contributed by atoms with Gasteiger partial charge in [-0.3, -0.25) is 4.79 Å². The first-order valence-electron chi connectivity index (χ1n) is 5.54. The standard InChI is InChI=1S/C13H12N2O3/c1-2-18-13(17)12-8-10(9-16)14-15(12)11-6-4-3-5-7-11/h3-9H,2H2,1H3. The second-order valence-corrected chi connectivity index (χ2v) is 3.54. The molecule has 1 aromatic carbocycles. The van der Waals surface area contributed by atoms with Crippen molar-refractivity contribution in [1.29, 1.82) is 0 Å². The fourth-order valence-corrected chi connectivity index (χ4v) is 1.57. The average molecular weight is 244 g/mol. The van der Waals surface area contributed by atoms with Gasteiger partial charge in [0, 0.05) is 6.07 Å². The molecule has 1 aromatic heterocycles. The molecule has 1 heterocycles. The van der Waals surface area contributed by atoms with Gasteiger partial charge in [0.25, 0.3) is 0 Å². The highest BCUT2D eigenvalue weighted by molar-refractivity contribution is 5.90. The molecule has 0 saturated heterocycles. The van der Waals surface area contributed by atoms with Crippen molar-refractivity contribution in [3.63, 3.8) is 0 Å². The van der Waals surface area contributed by atoms with E-state index in [0.717, 1.165) is 0 Å². The molecule has 0 fully saturated rings. The van der Waals surface area contributed by atoms with Crippen LogP contribution in [-0.4, -0.2) is 28.6 Å². The van der Waals surface area contributed by atoms with Crippen LogP contribution in [0.15, 0.2) is 36.4 Å². The van der Waals surface area contributed by atoms with Gasteiger partial charge in [-0.2, -0.15) is 5.10 Å². The van der Waals surface area contributed by atoms with Gasteiger partial charge < -0.3 is 4.74 Å². The lowest BCUT2D eigenvalue weighted by molar-refractivity contribution is 0.0515. The van der Waals surface area contributed by atoms with Crippen LogP contribution in [0.25, 0.3) is 5.69 Å². The number of hydrogen-bond donors (Lipinski definition) is 0. The molecular weight excluding hydrogens is 232 g/mol. The van der Waals surface area contributed by atoms with Crippen molar-refractivity contribution in [2.45, 2.75) is 6.92 Å². The van der Waals surface area contributed by atoms with Gasteiger partial charge in [-0.1, -0.05) is 18.2 Å². The smallest absolute Gasteiger partial charge is 0.357 e. The molecule has 0 bridgehead atoms. The Morgan fingerprint density at radius 3 is 2.72 bits per heavy atom. The Hall–Kier alpha value is -2.43. The lowest BCUT2D eigenvalue weighted by atomic mass is 10.3. The lowest BCUT2D eigenvalue weighted by Gasteiger charge is -2.06. The normalized spacial score (nSPS) is 10.1. The largest absolute Gasteiger partial charge is 0.461 e. The second kappa shape index (κ2) is 5.27. The van der Waals surface area contributed by atoms with E-state index >= 15 is 0 Å². The average Bonchev–Trinajstić information content (AvgIpc) is 2.84. The number of benzene rings is 1. The number of ether oxygens (including phenoxy) is 1. The Bertz CT molecular complexity index is 561. The molecule has 0 unspecified atom stereocenters. The fourth-order valence-electron chi connectivity index (χ4n) is 1.57. The molecule has 0 aliphatic carbocycles. The number of para-hydroxylation sites is 1. The number of aromatic nitrogens is 2. The summed E-state index contributed by atoms with van der Waals surface area (Å²) in [6.07, 6.45) is 0.599. The summed E-state index contributed by atoms with van der Waals surface area (Å²) in [6, 6.07) is 10.5. The molecule has 92 valence electrons. The van der Waals surface area contributed by atoms with E-state index < -0.39 is 5.97 Å². The molecule has 0 aliphatic rings. The van der Waals surface area contributed by atoms with Crippen LogP contribution in [0, 0.1) is 0 Å². The van der Waals surface area contributed by atoms with E-state index in [2.05, 4.69) is 5.10 Å². The molecule has 0 spiro atoms. The Morgan fingerprint density at radius 1 is 1.39 bits per heavy atom. The molecule has 2 rings (SSSR count). The summed E-state index contributed by atoms with van der Waals surface area (Å²) in [5.74, 6) is -0.498. The Kier molecular flexibility index (Phi) is 3.52. The van der Waals surface area contributed by atoms with E-state index in [9.17, 15) is 9.59 Å². The number of nitrogens with zero attached hydrogens (tertiary/aromatic N) is 2. The molecular formula is C13H12N2O3. The number of rotatable bonds is 4. The van der Waals surface area contributed by atoms with E-state index in [-0.39, 0.29) is 18.0 Å². The molecule has 0 amide bonds. The zero-order valence-corrected chi connectivity index (χ0v) is 9.87. The predicted octanol–water partition coefficient (Wildman–Crippen LogP) is 1.86. The van der Waals surface area contributed by atoms with Gasteiger partial charge in [-0.15, -0.1) is 0 Å². The third-order valence-electron chi connectivity index (χ3n) is 2.33. The molecule has 0 radical (unpaired) electrons. The highest BCUT2D eigenvalue weighted by atomic mass is 16.5. The van der Waals surface area contributed by atoms with Crippen LogP contribution in [0.3, 0.4) is 0 Å². The van der Waals surface area contributed by atoms with Crippen LogP contribution >= 0.6 is 0 Å². The van der Waals surface area contributed by atoms with Crippen LogP contribution in [0.4, 0.5) is 0 Å². The molecule has 0 saturated carbocycles. The summed E-state index contributed by atoms with van der Waals surface area (Å²) >= 11 is 0. The molecule has 0 aliphatic heterocycles. The van der Waals surface area contributed by atoms with E-state index in [4.69, 9.17) is 4.74 Å². The van der Waals surface area contributed by atoms with Gasteiger partial charge in [0.15, 0.2) is 12.0 Å².